The first-order chi connectivity index (χ1) is 12.1. The summed E-state index contributed by atoms with van der Waals surface area (Å²) in [5.74, 6) is -0.362. The number of imide groups is 1. The first-order valence-electron chi connectivity index (χ1n) is 8.77. The Labute approximate surface area is 148 Å². The lowest BCUT2D eigenvalue weighted by Gasteiger charge is -2.15. The van der Waals surface area contributed by atoms with E-state index in [1.165, 1.54) is 10.5 Å². The van der Waals surface area contributed by atoms with Gasteiger partial charge >= 0.3 is 0 Å². The normalized spacial score (nSPS) is 14.7. The van der Waals surface area contributed by atoms with Gasteiger partial charge in [-0.25, -0.2) is 0 Å². The van der Waals surface area contributed by atoms with Crippen LogP contribution in [0.3, 0.4) is 0 Å². The highest BCUT2D eigenvalue weighted by Crippen LogP contribution is 2.23. The standard InChI is InChI=1S/C21H23NO3/c1-3-25-15(2)17-10-6-8-16(14-17)9-7-13-22-20(23)18-11-4-5-12-19(18)21(22)24/h4-6,8,10-12,14-15H,3,7,9,13H2,1-2H3. The third-order valence-electron chi connectivity index (χ3n) is 4.56. The summed E-state index contributed by atoms with van der Waals surface area (Å²) in [4.78, 5) is 26.1. The zero-order chi connectivity index (χ0) is 17.8. The Morgan fingerprint density at radius 1 is 1.00 bits per heavy atom. The van der Waals surface area contributed by atoms with Gasteiger partial charge < -0.3 is 4.74 Å². The van der Waals surface area contributed by atoms with E-state index in [2.05, 4.69) is 18.2 Å². The molecule has 2 aromatic carbocycles. The Morgan fingerprint density at radius 2 is 1.68 bits per heavy atom. The Hall–Kier alpha value is -2.46. The van der Waals surface area contributed by atoms with Gasteiger partial charge in [0.25, 0.3) is 11.8 Å². The van der Waals surface area contributed by atoms with Crippen molar-refractivity contribution >= 4 is 11.8 Å². The zero-order valence-electron chi connectivity index (χ0n) is 14.7. The third kappa shape index (κ3) is 3.64. The van der Waals surface area contributed by atoms with E-state index in [9.17, 15) is 9.59 Å². The molecule has 0 saturated carbocycles. The fourth-order valence-corrected chi connectivity index (χ4v) is 3.23. The Balaban J connectivity index is 1.60. The number of rotatable bonds is 7. The molecule has 3 rings (SSSR count). The summed E-state index contributed by atoms with van der Waals surface area (Å²) in [6.45, 7) is 5.16. The summed E-state index contributed by atoms with van der Waals surface area (Å²) in [7, 11) is 0. The lowest BCUT2D eigenvalue weighted by atomic mass is 10.0. The molecule has 1 atom stereocenters. The zero-order valence-corrected chi connectivity index (χ0v) is 14.7. The predicted octanol–water partition coefficient (Wildman–Crippen LogP) is 4.01. The van der Waals surface area contributed by atoms with Gasteiger partial charge in [-0.1, -0.05) is 36.4 Å². The molecule has 0 fully saturated rings. The van der Waals surface area contributed by atoms with E-state index >= 15 is 0 Å². The lowest BCUT2D eigenvalue weighted by molar-refractivity contribution is 0.0652. The Morgan fingerprint density at radius 3 is 2.32 bits per heavy atom. The molecule has 0 saturated heterocycles. The van der Waals surface area contributed by atoms with Crippen LogP contribution in [0, 0.1) is 0 Å². The summed E-state index contributed by atoms with van der Waals surface area (Å²) in [6, 6.07) is 15.3. The minimum Gasteiger partial charge on any atom is -0.374 e. The van der Waals surface area contributed by atoms with Crippen molar-refractivity contribution in [2.75, 3.05) is 13.2 Å². The molecule has 4 heteroatoms. The molecule has 1 heterocycles. The number of aryl methyl sites for hydroxylation is 1. The number of carbonyl (C=O) groups is 2. The summed E-state index contributed by atoms with van der Waals surface area (Å²) >= 11 is 0. The van der Waals surface area contributed by atoms with Crippen LogP contribution in [0.1, 0.15) is 58.2 Å². The number of hydrogen-bond donors (Lipinski definition) is 0. The second-order valence-corrected chi connectivity index (χ2v) is 6.25. The van der Waals surface area contributed by atoms with Crippen LogP contribution in [0.4, 0.5) is 0 Å². The van der Waals surface area contributed by atoms with Gasteiger partial charge in [0.05, 0.1) is 17.2 Å². The maximum atomic E-state index is 12.4. The highest BCUT2D eigenvalue weighted by molar-refractivity contribution is 6.21. The van der Waals surface area contributed by atoms with Gasteiger partial charge in [0.1, 0.15) is 0 Å². The van der Waals surface area contributed by atoms with Crippen LogP contribution in [-0.4, -0.2) is 29.9 Å². The summed E-state index contributed by atoms with van der Waals surface area (Å²) < 4.78 is 5.64. The summed E-state index contributed by atoms with van der Waals surface area (Å²) in [5.41, 5.74) is 3.38. The lowest BCUT2D eigenvalue weighted by Crippen LogP contribution is -2.30. The molecule has 1 unspecified atom stereocenters. The topological polar surface area (TPSA) is 46.6 Å². The average Bonchev–Trinajstić information content (AvgIpc) is 2.87. The van der Waals surface area contributed by atoms with Crippen LogP contribution in [0.15, 0.2) is 48.5 Å². The van der Waals surface area contributed by atoms with Gasteiger partial charge in [0, 0.05) is 13.2 Å². The molecule has 0 aromatic heterocycles. The molecule has 1 aliphatic rings. The van der Waals surface area contributed by atoms with Crippen molar-refractivity contribution in [2.24, 2.45) is 0 Å². The van der Waals surface area contributed by atoms with E-state index in [1.807, 2.05) is 19.9 Å². The van der Waals surface area contributed by atoms with Crippen LogP contribution < -0.4 is 0 Å². The molecule has 0 radical (unpaired) electrons. The first kappa shape index (κ1) is 17.4. The number of ether oxygens (including phenoxy) is 1. The van der Waals surface area contributed by atoms with Gasteiger partial charge in [0.2, 0.25) is 0 Å². The van der Waals surface area contributed by atoms with E-state index in [4.69, 9.17) is 4.74 Å². The number of fused-ring (bicyclic) bond motifs is 1. The largest absolute Gasteiger partial charge is 0.374 e. The average molecular weight is 337 g/mol. The van der Waals surface area contributed by atoms with E-state index in [1.54, 1.807) is 24.3 Å². The molecule has 0 N–H and O–H groups in total. The number of amides is 2. The summed E-state index contributed by atoms with van der Waals surface area (Å²) in [5, 5.41) is 0. The van der Waals surface area contributed by atoms with Crippen LogP contribution in [0.2, 0.25) is 0 Å². The quantitative estimate of drug-likeness (QED) is 0.717. The minimum atomic E-state index is -0.181. The van der Waals surface area contributed by atoms with Gasteiger partial charge in [-0.05, 0) is 49.9 Å². The number of carbonyl (C=O) groups excluding carboxylic acids is 2. The van der Waals surface area contributed by atoms with E-state index < -0.39 is 0 Å². The Kier molecular flexibility index (Phi) is 5.29. The molecule has 130 valence electrons. The SMILES string of the molecule is CCOC(C)c1cccc(CCCN2C(=O)c3ccccc3C2=O)c1. The van der Waals surface area contributed by atoms with Gasteiger partial charge in [-0.3, -0.25) is 14.5 Å². The second-order valence-electron chi connectivity index (χ2n) is 6.25. The van der Waals surface area contributed by atoms with Crippen LogP contribution in [-0.2, 0) is 11.2 Å². The monoisotopic (exact) mass is 337 g/mol. The maximum Gasteiger partial charge on any atom is 0.261 e. The van der Waals surface area contributed by atoms with E-state index in [0.717, 1.165) is 18.4 Å². The third-order valence-corrected chi connectivity index (χ3v) is 4.56. The molecular weight excluding hydrogens is 314 g/mol. The van der Waals surface area contributed by atoms with Gasteiger partial charge in [-0.2, -0.15) is 0 Å². The van der Waals surface area contributed by atoms with Crippen LogP contribution in [0.25, 0.3) is 0 Å². The highest BCUT2D eigenvalue weighted by Gasteiger charge is 2.34. The smallest absolute Gasteiger partial charge is 0.261 e. The fraction of sp³-hybridized carbons (Fsp3) is 0.333. The molecule has 25 heavy (non-hydrogen) atoms. The summed E-state index contributed by atoms with van der Waals surface area (Å²) in [6.07, 6.45) is 1.64. The highest BCUT2D eigenvalue weighted by atomic mass is 16.5. The number of hydrogen-bond acceptors (Lipinski definition) is 3. The molecule has 0 bridgehead atoms. The van der Waals surface area contributed by atoms with Crippen LogP contribution >= 0.6 is 0 Å². The van der Waals surface area contributed by atoms with Gasteiger partial charge in [-0.15, -0.1) is 0 Å². The van der Waals surface area contributed by atoms with Crippen molar-refractivity contribution in [3.63, 3.8) is 0 Å². The second kappa shape index (κ2) is 7.62. The van der Waals surface area contributed by atoms with Crippen molar-refractivity contribution in [1.29, 1.82) is 0 Å². The van der Waals surface area contributed by atoms with Crippen molar-refractivity contribution in [2.45, 2.75) is 32.8 Å². The van der Waals surface area contributed by atoms with Crippen LogP contribution in [0.5, 0.6) is 0 Å². The van der Waals surface area contributed by atoms with E-state index in [-0.39, 0.29) is 17.9 Å². The molecule has 0 spiro atoms. The van der Waals surface area contributed by atoms with Crippen molar-refractivity contribution in [1.82, 2.24) is 4.90 Å². The molecule has 2 amide bonds. The molecule has 0 aliphatic carbocycles. The maximum absolute atomic E-state index is 12.4. The molecular formula is C21H23NO3. The van der Waals surface area contributed by atoms with Crippen molar-refractivity contribution < 1.29 is 14.3 Å². The molecule has 2 aromatic rings. The fourth-order valence-electron chi connectivity index (χ4n) is 3.23. The predicted molar refractivity (Wildman–Crippen MR) is 96.6 cm³/mol. The first-order valence-corrected chi connectivity index (χ1v) is 8.77. The molecule has 1 aliphatic heterocycles. The van der Waals surface area contributed by atoms with Gasteiger partial charge in [0.15, 0.2) is 0 Å². The number of benzene rings is 2. The Bertz CT molecular complexity index is 749. The minimum absolute atomic E-state index is 0.0705. The van der Waals surface area contributed by atoms with Crippen molar-refractivity contribution in [3.05, 3.63) is 70.8 Å². The number of nitrogens with zero attached hydrogens (tertiary/aromatic N) is 1. The van der Waals surface area contributed by atoms with E-state index in [0.29, 0.717) is 24.3 Å². The molecule has 4 nitrogen and oxygen atoms in total. The van der Waals surface area contributed by atoms with Crippen molar-refractivity contribution in [3.8, 4) is 0 Å².